The normalized spacial score (nSPS) is 18.3. The molecule has 0 radical (unpaired) electrons. The number of carbonyl (C=O) groups excluding carboxylic acids is 2. The molecule has 21 heavy (non-hydrogen) atoms. The molecule has 7 nitrogen and oxygen atoms in total. The summed E-state index contributed by atoms with van der Waals surface area (Å²) >= 11 is 1.08. The molecule has 0 spiro atoms. The minimum atomic E-state index is -2.96. The lowest BCUT2D eigenvalue weighted by Gasteiger charge is -2.23. The lowest BCUT2D eigenvalue weighted by atomic mass is 10.1. The van der Waals surface area contributed by atoms with E-state index in [1.165, 1.54) is 6.92 Å². The fourth-order valence-corrected chi connectivity index (χ4v) is 4.86. The Morgan fingerprint density at radius 1 is 1.29 bits per heavy atom. The molecule has 1 amide bonds. The predicted octanol–water partition coefficient (Wildman–Crippen LogP) is 0.621. The number of thiophene rings is 1. The summed E-state index contributed by atoms with van der Waals surface area (Å²) in [6.45, 7) is 1.37. The van der Waals surface area contributed by atoms with E-state index in [2.05, 4.69) is 5.32 Å². The number of nitrogen functional groups attached to an aromatic ring is 1. The van der Waals surface area contributed by atoms with Gasteiger partial charge >= 0.3 is 0 Å². The van der Waals surface area contributed by atoms with E-state index in [4.69, 9.17) is 11.5 Å². The van der Waals surface area contributed by atoms with Crippen molar-refractivity contribution in [3.05, 3.63) is 10.4 Å². The third kappa shape index (κ3) is 3.35. The number of primary amides is 1. The van der Waals surface area contributed by atoms with Gasteiger partial charge in [0.15, 0.2) is 5.78 Å². The Hall–Kier alpha value is -1.61. The quantitative estimate of drug-likeness (QED) is 0.693. The monoisotopic (exact) mass is 331 g/mol. The van der Waals surface area contributed by atoms with Crippen LogP contribution in [0.15, 0.2) is 0 Å². The number of nitrogens with one attached hydrogen (secondary N) is 1. The molecular formula is C12H17N3O4S2. The van der Waals surface area contributed by atoms with Gasteiger partial charge in [-0.05, 0) is 12.8 Å². The van der Waals surface area contributed by atoms with Crippen molar-refractivity contribution in [2.24, 2.45) is 5.73 Å². The van der Waals surface area contributed by atoms with Crippen LogP contribution in [0.3, 0.4) is 0 Å². The van der Waals surface area contributed by atoms with Gasteiger partial charge in [0.25, 0.3) is 5.91 Å². The Morgan fingerprint density at radius 2 is 1.86 bits per heavy atom. The molecule has 9 heteroatoms. The average Bonchev–Trinajstić information content (AvgIpc) is 2.69. The van der Waals surface area contributed by atoms with Crippen LogP contribution in [0.5, 0.6) is 0 Å². The van der Waals surface area contributed by atoms with Gasteiger partial charge in [0, 0.05) is 13.0 Å². The van der Waals surface area contributed by atoms with Crippen molar-refractivity contribution in [3.8, 4) is 0 Å². The van der Waals surface area contributed by atoms with Gasteiger partial charge in [0.1, 0.15) is 14.8 Å². The highest BCUT2D eigenvalue weighted by atomic mass is 32.2. The Bertz CT molecular complexity index is 680. The molecule has 2 heterocycles. The molecule has 1 saturated heterocycles. The van der Waals surface area contributed by atoms with Crippen LogP contribution in [-0.4, -0.2) is 37.7 Å². The number of hydrogen-bond acceptors (Lipinski definition) is 7. The highest BCUT2D eigenvalue weighted by Gasteiger charge is 2.27. The van der Waals surface area contributed by atoms with Crippen LogP contribution in [-0.2, 0) is 9.84 Å². The van der Waals surface area contributed by atoms with Gasteiger partial charge in [0.05, 0.1) is 27.6 Å². The first-order valence-electron chi connectivity index (χ1n) is 6.41. The molecule has 0 bridgehead atoms. The number of carbonyl (C=O) groups is 2. The molecule has 2 rings (SSSR count). The molecule has 0 saturated carbocycles. The van der Waals surface area contributed by atoms with Crippen molar-refractivity contribution in [2.45, 2.75) is 25.8 Å². The Morgan fingerprint density at radius 3 is 2.33 bits per heavy atom. The van der Waals surface area contributed by atoms with E-state index in [9.17, 15) is 18.0 Å². The number of amides is 1. The summed E-state index contributed by atoms with van der Waals surface area (Å²) < 4.78 is 22.8. The zero-order valence-corrected chi connectivity index (χ0v) is 13.1. The maximum Gasteiger partial charge on any atom is 0.253 e. The highest BCUT2D eigenvalue weighted by Crippen LogP contribution is 2.36. The number of hydrogen-bond donors (Lipinski definition) is 3. The lowest BCUT2D eigenvalue weighted by molar-refractivity contribution is 0.100. The Balaban J connectivity index is 2.26. The average molecular weight is 331 g/mol. The molecule has 0 unspecified atom stereocenters. The standard InChI is InChI=1S/C12H17N3O4S2/c1-6(16)10-9(13)8(11(14)17)12(20-10)15-7-2-4-21(18,19)5-3-7/h7,15H,2-5,13H2,1H3,(H2,14,17). The first-order chi connectivity index (χ1) is 9.71. The van der Waals surface area contributed by atoms with Gasteiger partial charge in [-0.25, -0.2) is 8.42 Å². The number of anilines is 2. The van der Waals surface area contributed by atoms with Crippen LogP contribution in [0.25, 0.3) is 0 Å². The third-order valence-corrected chi connectivity index (χ3v) is 6.35. The van der Waals surface area contributed by atoms with Crippen molar-refractivity contribution < 1.29 is 18.0 Å². The van der Waals surface area contributed by atoms with E-state index in [0.717, 1.165) is 11.3 Å². The maximum atomic E-state index is 11.5. The van der Waals surface area contributed by atoms with Crippen molar-refractivity contribution in [2.75, 3.05) is 22.6 Å². The van der Waals surface area contributed by atoms with Crippen molar-refractivity contribution >= 4 is 43.6 Å². The first-order valence-corrected chi connectivity index (χ1v) is 9.05. The van der Waals surface area contributed by atoms with Crippen LogP contribution in [0, 0.1) is 0 Å². The lowest BCUT2D eigenvalue weighted by Crippen LogP contribution is -2.32. The molecule has 1 aliphatic heterocycles. The first kappa shape index (κ1) is 15.8. The van der Waals surface area contributed by atoms with Crippen molar-refractivity contribution in [1.29, 1.82) is 0 Å². The fraction of sp³-hybridized carbons (Fsp3) is 0.500. The summed E-state index contributed by atoms with van der Waals surface area (Å²) in [6, 6.07) is -0.0792. The molecule has 0 atom stereocenters. The third-order valence-electron chi connectivity index (χ3n) is 3.40. The van der Waals surface area contributed by atoms with Crippen LogP contribution >= 0.6 is 11.3 Å². The zero-order valence-electron chi connectivity index (χ0n) is 11.5. The van der Waals surface area contributed by atoms with Crippen molar-refractivity contribution in [1.82, 2.24) is 0 Å². The van der Waals surface area contributed by atoms with Crippen LogP contribution < -0.4 is 16.8 Å². The smallest absolute Gasteiger partial charge is 0.253 e. The van der Waals surface area contributed by atoms with E-state index in [0.29, 0.717) is 17.8 Å². The minimum absolute atomic E-state index is 0.0792. The maximum absolute atomic E-state index is 11.5. The minimum Gasteiger partial charge on any atom is -0.397 e. The fourth-order valence-electron chi connectivity index (χ4n) is 2.27. The molecule has 1 aliphatic rings. The van der Waals surface area contributed by atoms with Crippen LogP contribution in [0.4, 0.5) is 10.7 Å². The van der Waals surface area contributed by atoms with E-state index >= 15 is 0 Å². The molecule has 0 aliphatic carbocycles. The molecule has 5 N–H and O–H groups in total. The van der Waals surface area contributed by atoms with Gasteiger partial charge in [-0.2, -0.15) is 0 Å². The number of Topliss-reactive ketones (excluding diaryl/α,β-unsaturated/α-hetero) is 1. The van der Waals surface area contributed by atoms with E-state index in [-0.39, 0.29) is 39.5 Å². The number of nitrogens with two attached hydrogens (primary N) is 2. The largest absolute Gasteiger partial charge is 0.397 e. The van der Waals surface area contributed by atoms with E-state index in [1.54, 1.807) is 0 Å². The molecule has 1 aromatic rings. The van der Waals surface area contributed by atoms with Gasteiger partial charge < -0.3 is 16.8 Å². The number of sulfone groups is 1. The van der Waals surface area contributed by atoms with Gasteiger partial charge in [0.2, 0.25) is 0 Å². The summed E-state index contributed by atoms with van der Waals surface area (Å²) in [4.78, 5) is 23.3. The van der Waals surface area contributed by atoms with Gasteiger partial charge in [-0.1, -0.05) is 0 Å². The summed E-state index contributed by atoms with van der Waals surface area (Å²) in [5.74, 6) is -0.727. The molecule has 116 valence electrons. The number of ketones is 1. The second-order valence-electron chi connectivity index (χ2n) is 5.04. The number of rotatable bonds is 4. The summed E-state index contributed by atoms with van der Waals surface area (Å²) in [6.07, 6.45) is 0.904. The van der Waals surface area contributed by atoms with Crippen molar-refractivity contribution in [3.63, 3.8) is 0 Å². The SMILES string of the molecule is CC(=O)c1sc(NC2CCS(=O)(=O)CC2)c(C(N)=O)c1N. The Labute approximate surface area is 126 Å². The highest BCUT2D eigenvalue weighted by molar-refractivity contribution is 7.91. The summed E-state index contributed by atoms with van der Waals surface area (Å²) in [7, 11) is -2.96. The zero-order chi connectivity index (χ0) is 15.8. The predicted molar refractivity (Wildman–Crippen MR) is 82.6 cm³/mol. The topological polar surface area (TPSA) is 132 Å². The molecular weight excluding hydrogens is 314 g/mol. The van der Waals surface area contributed by atoms with Gasteiger partial charge in [-0.3, -0.25) is 9.59 Å². The molecule has 1 aromatic heterocycles. The molecule has 1 fully saturated rings. The van der Waals surface area contributed by atoms with Crippen LogP contribution in [0.2, 0.25) is 0 Å². The second kappa shape index (κ2) is 5.64. The molecule has 0 aromatic carbocycles. The van der Waals surface area contributed by atoms with E-state index in [1.807, 2.05) is 0 Å². The van der Waals surface area contributed by atoms with E-state index < -0.39 is 15.7 Å². The second-order valence-corrected chi connectivity index (χ2v) is 8.36. The summed E-state index contributed by atoms with van der Waals surface area (Å²) in [5, 5.41) is 3.55. The summed E-state index contributed by atoms with van der Waals surface area (Å²) in [5.41, 5.74) is 11.3. The Kier molecular flexibility index (Phi) is 4.24. The van der Waals surface area contributed by atoms with Crippen LogP contribution in [0.1, 0.15) is 39.8 Å². The van der Waals surface area contributed by atoms with Gasteiger partial charge in [-0.15, -0.1) is 11.3 Å².